The molecule has 2 aromatic heterocycles. The summed E-state index contributed by atoms with van der Waals surface area (Å²) in [5.74, 6) is 0.664. The molecule has 156 valence electrons. The van der Waals surface area contributed by atoms with Crippen molar-refractivity contribution in [3.05, 3.63) is 67.0 Å². The topological polar surface area (TPSA) is 119 Å². The minimum atomic E-state index is -0.657. The van der Waals surface area contributed by atoms with Crippen LogP contribution in [0.1, 0.15) is 19.9 Å². The molecular formula is C22H21N7O2. The van der Waals surface area contributed by atoms with E-state index in [1.165, 1.54) is 17.2 Å². The molecule has 1 amide bonds. The van der Waals surface area contributed by atoms with Crippen LogP contribution in [0.25, 0.3) is 22.8 Å². The SMILES string of the molecule is CC(C)C(C(=O)Nc1cnc(-c2cccc(O)c2)nc1)n1nnc(-c2ccccc2)n1. The van der Waals surface area contributed by atoms with Crippen molar-refractivity contribution in [1.82, 2.24) is 30.2 Å². The molecule has 2 N–H and O–H groups in total. The first-order valence-corrected chi connectivity index (χ1v) is 9.78. The van der Waals surface area contributed by atoms with Crippen molar-refractivity contribution in [3.8, 4) is 28.5 Å². The molecule has 1 unspecified atom stereocenters. The standard InChI is InChI=1S/C22H21N7O2/c1-14(2)19(29-27-21(26-28-29)15-7-4-3-5-8-15)22(31)25-17-12-23-20(24-13-17)16-9-6-10-18(30)11-16/h3-14,19,30H,1-2H3,(H,25,31). The van der Waals surface area contributed by atoms with E-state index in [2.05, 4.69) is 30.7 Å². The number of rotatable bonds is 6. The second kappa shape index (κ2) is 8.70. The van der Waals surface area contributed by atoms with Crippen LogP contribution in [0, 0.1) is 5.92 Å². The van der Waals surface area contributed by atoms with Gasteiger partial charge in [0, 0.05) is 11.1 Å². The van der Waals surface area contributed by atoms with Gasteiger partial charge < -0.3 is 10.4 Å². The highest BCUT2D eigenvalue weighted by Crippen LogP contribution is 2.22. The maximum atomic E-state index is 13.0. The summed E-state index contributed by atoms with van der Waals surface area (Å²) >= 11 is 0. The molecule has 2 heterocycles. The Labute approximate surface area is 178 Å². The fourth-order valence-electron chi connectivity index (χ4n) is 3.12. The van der Waals surface area contributed by atoms with Crippen LogP contribution in [0.5, 0.6) is 5.75 Å². The van der Waals surface area contributed by atoms with E-state index in [4.69, 9.17) is 0 Å². The van der Waals surface area contributed by atoms with Crippen LogP contribution < -0.4 is 5.32 Å². The number of amides is 1. The summed E-state index contributed by atoms with van der Waals surface area (Å²) in [7, 11) is 0. The van der Waals surface area contributed by atoms with Gasteiger partial charge in [-0.2, -0.15) is 4.80 Å². The van der Waals surface area contributed by atoms with E-state index in [0.29, 0.717) is 22.9 Å². The summed E-state index contributed by atoms with van der Waals surface area (Å²) in [6, 6.07) is 15.5. The van der Waals surface area contributed by atoms with E-state index in [9.17, 15) is 9.90 Å². The quantitative estimate of drug-likeness (QED) is 0.496. The Kier molecular flexibility index (Phi) is 5.65. The Bertz CT molecular complexity index is 1170. The maximum Gasteiger partial charge on any atom is 0.251 e. The number of nitrogens with one attached hydrogen (secondary N) is 1. The van der Waals surface area contributed by atoms with Gasteiger partial charge in [0.1, 0.15) is 5.75 Å². The van der Waals surface area contributed by atoms with Gasteiger partial charge in [0.2, 0.25) is 5.82 Å². The molecule has 0 spiro atoms. The third kappa shape index (κ3) is 4.55. The van der Waals surface area contributed by atoms with Crippen LogP contribution in [0.3, 0.4) is 0 Å². The van der Waals surface area contributed by atoms with Crippen molar-refractivity contribution in [1.29, 1.82) is 0 Å². The predicted octanol–water partition coefficient (Wildman–Crippen LogP) is 3.34. The number of nitrogens with zero attached hydrogens (tertiary/aromatic N) is 6. The molecule has 0 aliphatic heterocycles. The van der Waals surface area contributed by atoms with E-state index in [1.807, 2.05) is 44.2 Å². The number of carbonyl (C=O) groups excluding carboxylic acids is 1. The second-order valence-electron chi connectivity index (χ2n) is 7.32. The zero-order chi connectivity index (χ0) is 21.8. The first-order valence-electron chi connectivity index (χ1n) is 9.78. The molecule has 0 aliphatic rings. The highest BCUT2D eigenvalue weighted by molar-refractivity contribution is 5.93. The lowest BCUT2D eigenvalue weighted by Crippen LogP contribution is -2.31. The Morgan fingerprint density at radius 3 is 2.35 bits per heavy atom. The first kappa shape index (κ1) is 20.1. The summed E-state index contributed by atoms with van der Waals surface area (Å²) in [5.41, 5.74) is 1.95. The van der Waals surface area contributed by atoms with E-state index in [-0.39, 0.29) is 17.6 Å². The lowest BCUT2D eigenvalue weighted by molar-refractivity contribution is -0.121. The molecule has 0 saturated carbocycles. The third-order valence-electron chi connectivity index (χ3n) is 4.63. The number of hydrogen-bond donors (Lipinski definition) is 2. The molecule has 0 radical (unpaired) electrons. The van der Waals surface area contributed by atoms with E-state index < -0.39 is 6.04 Å². The molecule has 0 bridgehead atoms. The number of phenols is 1. The molecule has 31 heavy (non-hydrogen) atoms. The van der Waals surface area contributed by atoms with Crippen molar-refractivity contribution in [3.63, 3.8) is 0 Å². The minimum absolute atomic E-state index is 0.0784. The van der Waals surface area contributed by atoms with Crippen LogP contribution in [0.15, 0.2) is 67.0 Å². The lowest BCUT2D eigenvalue weighted by Gasteiger charge is -2.18. The monoisotopic (exact) mass is 415 g/mol. The van der Waals surface area contributed by atoms with Gasteiger partial charge in [0.05, 0.1) is 18.1 Å². The van der Waals surface area contributed by atoms with Gasteiger partial charge >= 0.3 is 0 Å². The number of anilines is 1. The van der Waals surface area contributed by atoms with Gasteiger partial charge in [-0.05, 0) is 23.3 Å². The molecule has 0 fully saturated rings. The maximum absolute atomic E-state index is 13.0. The van der Waals surface area contributed by atoms with Crippen LogP contribution in [0.4, 0.5) is 5.69 Å². The first-order chi connectivity index (χ1) is 15.0. The van der Waals surface area contributed by atoms with Gasteiger partial charge in [0.25, 0.3) is 5.91 Å². The third-order valence-corrected chi connectivity index (χ3v) is 4.63. The van der Waals surface area contributed by atoms with E-state index in [1.54, 1.807) is 24.3 Å². The van der Waals surface area contributed by atoms with Gasteiger partial charge in [-0.1, -0.05) is 56.3 Å². The van der Waals surface area contributed by atoms with E-state index >= 15 is 0 Å². The minimum Gasteiger partial charge on any atom is -0.508 e. The van der Waals surface area contributed by atoms with Gasteiger partial charge in [0.15, 0.2) is 11.9 Å². The van der Waals surface area contributed by atoms with Crippen LogP contribution in [-0.4, -0.2) is 41.2 Å². The molecule has 9 nitrogen and oxygen atoms in total. The Morgan fingerprint density at radius 2 is 1.68 bits per heavy atom. The van der Waals surface area contributed by atoms with Crippen molar-refractivity contribution in [2.75, 3.05) is 5.32 Å². The lowest BCUT2D eigenvalue weighted by atomic mass is 10.0. The predicted molar refractivity (Wildman–Crippen MR) is 115 cm³/mol. The number of aromatic nitrogens is 6. The van der Waals surface area contributed by atoms with Gasteiger partial charge in [-0.3, -0.25) is 4.79 Å². The van der Waals surface area contributed by atoms with Crippen LogP contribution in [-0.2, 0) is 4.79 Å². The summed E-state index contributed by atoms with van der Waals surface area (Å²) in [4.78, 5) is 22.9. The molecule has 0 saturated heterocycles. The fraction of sp³-hybridized carbons (Fsp3) is 0.182. The molecule has 1 atom stereocenters. The zero-order valence-corrected chi connectivity index (χ0v) is 17.0. The zero-order valence-electron chi connectivity index (χ0n) is 17.0. The number of hydrogen-bond acceptors (Lipinski definition) is 7. The fourth-order valence-corrected chi connectivity index (χ4v) is 3.12. The number of aromatic hydroxyl groups is 1. The van der Waals surface area contributed by atoms with Crippen molar-refractivity contribution >= 4 is 11.6 Å². The molecular weight excluding hydrogens is 394 g/mol. The number of tetrazole rings is 1. The average molecular weight is 415 g/mol. The normalized spacial score (nSPS) is 12.0. The van der Waals surface area contributed by atoms with E-state index in [0.717, 1.165) is 5.56 Å². The average Bonchev–Trinajstić information content (AvgIpc) is 3.24. The van der Waals surface area contributed by atoms with Crippen molar-refractivity contribution in [2.24, 2.45) is 5.92 Å². The van der Waals surface area contributed by atoms with Crippen molar-refractivity contribution in [2.45, 2.75) is 19.9 Å². The highest BCUT2D eigenvalue weighted by atomic mass is 16.3. The molecule has 4 aromatic rings. The number of phenolic OH excluding ortho intramolecular Hbond substituents is 1. The number of carbonyl (C=O) groups is 1. The Hall–Kier alpha value is -4.14. The van der Waals surface area contributed by atoms with Crippen molar-refractivity contribution < 1.29 is 9.90 Å². The summed E-state index contributed by atoms with van der Waals surface area (Å²) in [5, 5.41) is 25.0. The molecule has 9 heteroatoms. The second-order valence-corrected chi connectivity index (χ2v) is 7.32. The van der Waals surface area contributed by atoms with Crippen LogP contribution >= 0.6 is 0 Å². The summed E-state index contributed by atoms with van der Waals surface area (Å²) in [6.45, 7) is 3.83. The summed E-state index contributed by atoms with van der Waals surface area (Å²) < 4.78 is 0. The molecule has 0 aliphatic carbocycles. The highest BCUT2D eigenvalue weighted by Gasteiger charge is 2.27. The number of benzene rings is 2. The smallest absolute Gasteiger partial charge is 0.251 e. The van der Waals surface area contributed by atoms with Gasteiger partial charge in [-0.25, -0.2) is 9.97 Å². The molecule has 4 rings (SSSR count). The van der Waals surface area contributed by atoms with Gasteiger partial charge in [-0.15, -0.1) is 10.2 Å². The Morgan fingerprint density at radius 1 is 0.968 bits per heavy atom. The Balaban J connectivity index is 1.51. The molecule has 2 aromatic carbocycles. The summed E-state index contributed by atoms with van der Waals surface area (Å²) in [6.07, 6.45) is 3.04. The largest absolute Gasteiger partial charge is 0.508 e. The van der Waals surface area contributed by atoms with Crippen LogP contribution in [0.2, 0.25) is 0 Å².